The molecule has 0 aromatic carbocycles. The standard InChI is InChI=1S/C17H30N4O2/c1-12(15-18-10-11-21(15)5)19-13-8-6-7-9-14(13)20-16(22)23-17(2,3)4/h10-14,19H,6-9H2,1-5H3,(H,20,22)/t12-,13+,14+/m0/s1. The molecule has 0 unspecified atom stereocenters. The predicted octanol–water partition coefficient (Wildman–Crippen LogP) is 2.91. The van der Waals surface area contributed by atoms with E-state index in [1.807, 2.05) is 44.8 Å². The molecule has 0 spiro atoms. The predicted molar refractivity (Wildman–Crippen MR) is 90.2 cm³/mol. The zero-order valence-electron chi connectivity index (χ0n) is 14.9. The SMILES string of the molecule is C[C@H](N[C@@H]1CCCC[C@H]1NC(=O)OC(C)(C)C)c1nccn1C. The summed E-state index contributed by atoms with van der Waals surface area (Å²) in [6.45, 7) is 7.76. The summed E-state index contributed by atoms with van der Waals surface area (Å²) in [5.41, 5.74) is -0.470. The highest BCUT2D eigenvalue weighted by molar-refractivity contribution is 5.68. The van der Waals surface area contributed by atoms with Crippen molar-refractivity contribution in [1.29, 1.82) is 0 Å². The van der Waals surface area contributed by atoms with E-state index in [0.717, 1.165) is 25.1 Å². The van der Waals surface area contributed by atoms with Gasteiger partial charge in [-0.15, -0.1) is 0 Å². The second-order valence-electron chi connectivity index (χ2n) is 7.43. The summed E-state index contributed by atoms with van der Waals surface area (Å²) in [6, 6.07) is 0.477. The van der Waals surface area contributed by atoms with Crippen LogP contribution in [0.1, 0.15) is 65.2 Å². The van der Waals surface area contributed by atoms with Crippen LogP contribution in [0.2, 0.25) is 0 Å². The summed E-state index contributed by atoms with van der Waals surface area (Å²) in [5, 5.41) is 6.67. The average molecular weight is 322 g/mol. The van der Waals surface area contributed by atoms with E-state index >= 15 is 0 Å². The van der Waals surface area contributed by atoms with Crippen molar-refractivity contribution < 1.29 is 9.53 Å². The Morgan fingerprint density at radius 3 is 2.57 bits per heavy atom. The third-order valence-electron chi connectivity index (χ3n) is 4.18. The van der Waals surface area contributed by atoms with Gasteiger partial charge in [0.15, 0.2) is 0 Å². The quantitative estimate of drug-likeness (QED) is 0.894. The number of hydrogen-bond donors (Lipinski definition) is 2. The zero-order valence-corrected chi connectivity index (χ0v) is 14.9. The molecule has 6 heteroatoms. The van der Waals surface area contributed by atoms with Crippen LogP contribution in [0.25, 0.3) is 0 Å². The minimum absolute atomic E-state index is 0.0984. The summed E-state index contributed by atoms with van der Waals surface area (Å²) in [4.78, 5) is 16.5. The van der Waals surface area contributed by atoms with Gasteiger partial charge in [-0.25, -0.2) is 9.78 Å². The number of carbonyl (C=O) groups excluding carboxylic acids is 1. The Balaban J connectivity index is 1.95. The molecule has 3 atom stereocenters. The summed E-state index contributed by atoms with van der Waals surface area (Å²) in [5.74, 6) is 1.01. The molecule has 1 aliphatic carbocycles. The minimum Gasteiger partial charge on any atom is -0.444 e. The number of imidazole rings is 1. The van der Waals surface area contributed by atoms with Crippen LogP contribution in [0.4, 0.5) is 4.79 Å². The number of aryl methyl sites for hydroxylation is 1. The molecule has 23 heavy (non-hydrogen) atoms. The molecule has 1 aliphatic rings. The minimum atomic E-state index is -0.470. The van der Waals surface area contributed by atoms with E-state index < -0.39 is 5.60 Å². The molecule has 1 heterocycles. The van der Waals surface area contributed by atoms with E-state index in [2.05, 4.69) is 22.5 Å². The maximum atomic E-state index is 12.1. The van der Waals surface area contributed by atoms with Crippen molar-refractivity contribution in [2.24, 2.45) is 7.05 Å². The molecule has 0 radical (unpaired) electrons. The Kier molecular flexibility index (Phi) is 5.68. The van der Waals surface area contributed by atoms with Crippen molar-refractivity contribution >= 4 is 6.09 Å². The molecule has 0 aliphatic heterocycles. The van der Waals surface area contributed by atoms with Gasteiger partial charge in [0.1, 0.15) is 11.4 Å². The highest BCUT2D eigenvalue weighted by Gasteiger charge is 2.29. The Bertz CT molecular complexity index is 521. The fraction of sp³-hybridized carbons (Fsp3) is 0.765. The first kappa shape index (κ1) is 17.8. The number of alkyl carbamates (subject to hydrolysis) is 1. The Morgan fingerprint density at radius 2 is 2.00 bits per heavy atom. The number of carbonyl (C=O) groups is 1. The lowest BCUT2D eigenvalue weighted by atomic mass is 9.90. The molecule has 1 saturated carbocycles. The van der Waals surface area contributed by atoms with Crippen LogP contribution >= 0.6 is 0 Å². The summed E-state index contributed by atoms with van der Waals surface area (Å²) in [7, 11) is 2.00. The fourth-order valence-electron chi connectivity index (χ4n) is 3.15. The molecule has 0 bridgehead atoms. The van der Waals surface area contributed by atoms with Crippen LogP contribution in [0.5, 0.6) is 0 Å². The molecular weight excluding hydrogens is 292 g/mol. The topological polar surface area (TPSA) is 68.2 Å². The number of hydrogen-bond acceptors (Lipinski definition) is 4. The monoisotopic (exact) mass is 322 g/mol. The molecule has 1 amide bonds. The fourth-order valence-corrected chi connectivity index (χ4v) is 3.15. The van der Waals surface area contributed by atoms with E-state index in [-0.39, 0.29) is 24.2 Å². The van der Waals surface area contributed by atoms with Gasteiger partial charge in [-0.1, -0.05) is 12.8 Å². The van der Waals surface area contributed by atoms with Gasteiger partial charge in [-0.2, -0.15) is 0 Å². The first-order valence-corrected chi connectivity index (χ1v) is 8.49. The lowest BCUT2D eigenvalue weighted by Gasteiger charge is -2.35. The van der Waals surface area contributed by atoms with Crippen molar-refractivity contribution in [3.05, 3.63) is 18.2 Å². The summed E-state index contributed by atoms with van der Waals surface area (Å²) < 4.78 is 7.42. The Morgan fingerprint density at radius 1 is 1.35 bits per heavy atom. The number of rotatable bonds is 4. The number of aromatic nitrogens is 2. The molecule has 2 rings (SSSR count). The third kappa shape index (κ3) is 5.23. The zero-order chi connectivity index (χ0) is 17.0. The van der Waals surface area contributed by atoms with Crippen molar-refractivity contribution in [1.82, 2.24) is 20.2 Å². The van der Waals surface area contributed by atoms with Crippen LogP contribution in [0.15, 0.2) is 12.4 Å². The van der Waals surface area contributed by atoms with Crippen molar-refractivity contribution in [2.45, 2.75) is 77.1 Å². The molecule has 6 nitrogen and oxygen atoms in total. The number of nitrogens with zero attached hydrogens (tertiary/aromatic N) is 2. The van der Waals surface area contributed by atoms with E-state index in [1.165, 1.54) is 6.42 Å². The number of amides is 1. The smallest absolute Gasteiger partial charge is 0.407 e. The van der Waals surface area contributed by atoms with Gasteiger partial charge in [-0.3, -0.25) is 0 Å². The van der Waals surface area contributed by atoms with Gasteiger partial charge in [-0.05, 0) is 40.5 Å². The van der Waals surface area contributed by atoms with Gasteiger partial charge in [0.25, 0.3) is 0 Å². The van der Waals surface area contributed by atoms with Gasteiger partial charge in [0, 0.05) is 31.5 Å². The van der Waals surface area contributed by atoms with E-state index in [4.69, 9.17) is 4.74 Å². The number of nitrogens with one attached hydrogen (secondary N) is 2. The maximum absolute atomic E-state index is 12.1. The number of ether oxygens (including phenoxy) is 1. The molecule has 1 aromatic heterocycles. The molecule has 2 N–H and O–H groups in total. The van der Waals surface area contributed by atoms with E-state index in [9.17, 15) is 4.79 Å². The normalized spacial score (nSPS) is 23.3. The van der Waals surface area contributed by atoms with Crippen LogP contribution < -0.4 is 10.6 Å². The third-order valence-corrected chi connectivity index (χ3v) is 4.18. The molecule has 1 aromatic rings. The highest BCUT2D eigenvalue weighted by Crippen LogP contribution is 2.22. The lowest BCUT2D eigenvalue weighted by molar-refractivity contribution is 0.0477. The second kappa shape index (κ2) is 7.34. The van der Waals surface area contributed by atoms with Crippen molar-refractivity contribution in [2.75, 3.05) is 0 Å². The Labute approximate surface area is 139 Å². The maximum Gasteiger partial charge on any atom is 0.407 e. The molecular formula is C17H30N4O2. The lowest BCUT2D eigenvalue weighted by Crippen LogP contribution is -2.53. The first-order valence-electron chi connectivity index (χ1n) is 8.49. The van der Waals surface area contributed by atoms with Crippen molar-refractivity contribution in [3.8, 4) is 0 Å². The summed E-state index contributed by atoms with van der Waals surface area (Å²) >= 11 is 0. The molecule has 130 valence electrons. The van der Waals surface area contributed by atoms with E-state index in [0.29, 0.717) is 0 Å². The summed E-state index contributed by atoms with van der Waals surface area (Å²) in [6.07, 6.45) is 7.77. The van der Waals surface area contributed by atoms with Gasteiger partial charge < -0.3 is 19.9 Å². The molecule has 1 fully saturated rings. The Hall–Kier alpha value is -1.56. The van der Waals surface area contributed by atoms with Crippen molar-refractivity contribution in [3.63, 3.8) is 0 Å². The van der Waals surface area contributed by atoms with Crippen LogP contribution in [0, 0.1) is 0 Å². The average Bonchev–Trinajstić information content (AvgIpc) is 2.85. The van der Waals surface area contributed by atoms with Crippen LogP contribution in [0.3, 0.4) is 0 Å². The van der Waals surface area contributed by atoms with E-state index in [1.54, 1.807) is 0 Å². The van der Waals surface area contributed by atoms with Crippen LogP contribution in [-0.4, -0.2) is 33.3 Å². The van der Waals surface area contributed by atoms with Gasteiger partial charge in [0.05, 0.1) is 6.04 Å². The highest BCUT2D eigenvalue weighted by atomic mass is 16.6. The van der Waals surface area contributed by atoms with Crippen LogP contribution in [-0.2, 0) is 11.8 Å². The van der Waals surface area contributed by atoms with Gasteiger partial charge in [0.2, 0.25) is 0 Å². The van der Waals surface area contributed by atoms with Gasteiger partial charge >= 0.3 is 6.09 Å². The first-order chi connectivity index (χ1) is 10.8. The largest absolute Gasteiger partial charge is 0.444 e. The molecule has 0 saturated heterocycles. The second-order valence-corrected chi connectivity index (χ2v) is 7.43.